The Kier molecular flexibility index (Phi) is 9.36. The summed E-state index contributed by atoms with van der Waals surface area (Å²) in [4.78, 5) is 33.4. The first kappa shape index (κ1) is 31.4. The average Bonchev–Trinajstić information content (AvgIpc) is 3.83. The van der Waals surface area contributed by atoms with E-state index in [0.29, 0.717) is 29.6 Å². The van der Waals surface area contributed by atoms with Crippen molar-refractivity contribution in [2.45, 2.75) is 96.3 Å². The number of para-hydroxylation sites is 1. The van der Waals surface area contributed by atoms with E-state index < -0.39 is 5.41 Å². The predicted molar refractivity (Wildman–Crippen MR) is 183 cm³/mol. The van der Waals surface area contributed by atoms with Gasteiger partial charge in [-0.05, 0) is 57.1 Å². The summed E-state index contributed by atoms with van der Waals surface area (Å²) >= 11 is 3.43. The molecule has 2 aliphatic carbocycles. The van der Waals surface area contributed by atoms with Crippen LogP contribution in [-0.4, -0.2) is 31.4 Å². The van der Waals surface area contributed by atoms with Crippen LogP contribution < -0.4 is 11.1 Å². The second kappa shape index (κ2) is 13.4. The number of anilines is 2. The first-order valence-electron chi connectivity index (χ1n) is 16.5. The standard InChI is InChI=1S/C22H26N6O.C14H17BrO/c1-22(2)17-18(23)24-21(26-19(17)25-20(22)29)28-16-10-6-5-9-14(16)15(27-28)12-11-13-7-3-4-8-13;15-13-8-4-3-7-12(13)14(16)10-9-11-5-1-2-6-11/h5-6,9-10,13H,3-4,7-8,11-12H2,1-2H3,(H3,23,24,25,26,29);3-4,7-8,11H,1-2,5-6,9-10H2. The molecule has 9 heteroatoms. The number of hydrogen-bond donors (Lipinski definition) is 2. The highest BCUT2D eigenvalue weighted by molar-refractivity contribution is 9.10. The molecule has 0 spiro atoms. The quantitative estimate of drug-likeness (QED) is 0.182. The minimum atomic E-state index is -0.740. The number of nitrogens with one attached hydrogen (secondary N) is 1. The molecular formula is C36H43BrN6O2. The van der Waals surface area contributed by atoms with Crippen molar-refractivity contribution in [2.24, 2.45) is 11.8 Å². The monoisotopic (exact) mass is 670 g/mol. The number of halogens is 1. The Balaban J connectivity index is 0.000000189. The van der Waals surface area contributed by atoms with Crippen LogP contribution in [0.25, 0.3) is 16.9 Å². The zero-order valence-electron chi connectivity index (χ0n) is 26.3. The number of benzene rings is 2. The van der Waals surface area contributed by atoms with Gasteiger partial charge in [-0.2, -0.15) is 19.7 Å². The number of nitrogens with zero attached hydrogens (tertiary/aromatic N) is 4. The molecule has 3 aliphatic rings. The number of nitrogen functional groups attached to an aromatic ring is 1. The van der Waals surface area contributed by atoms with Crippen molar-refractivity contribution in [1.29, 1.82) is 0 Å². The number of hydrogen-bond acceptors (Lipinski definition) is 6. The Bertz CT molecular complexity index is 1700. The summed E-state index contributed by atoms with van der Waals surface area (Å²) in [6, 6.07) is 15.9. The van der Waals surface area contributed by atoms with E-state index in [2.05, 4.69) is 37.3 Å². The SMILES string of the molecule is CC1(C)C(=O)Nc2nc(-n3nc(CCC4CCCC4)c4ccccc43)nc(N)c21.O=C(CCC1CCCC1)c1ccccc1Br. The minimum absolute atomic E-state index is 0.117. The molecule has 0 atom stereocenters. The maximum Gasteiger partial charge on any atom is 0.255 e. The fourth-order valence-electron chi connectivity index (χ4n) is 7.21. The summed E-state index contributed by atoms with van der Waals surface area (Å²) < 4.78 is 2.68. The molecule has 45 heavy (non-hydrogen) atoms. The van der Waals surface area contributed by atoms with E-state index in [1.807, 2.05) is 56.3 Å². The van der Waals surface area contributed by atoms with Crippen LogP contribution in [0.2, 0.25) is 0 Å². The van der Waals surface area contributed by atoms with Gasteiger partial charge in [0.25, 0.3) is 5.95 Å². The molecule has 2 aromatic heterocycles. The van der Waals surface area contributed by atoms with E-state index in [9.17, 15) is 9.59 Å². The van der Waals surface area contributed by atoms with Gasteiger partial charge < -0.3 is 11.1 Å². The molecule has 7 rings (SSSR count). The second-order valence-corrected chi connectivity index (χ2v) is 14.2. The number of Topliss-reactive ketones (excluding diaryl/α,β-unsaturated/α-hetero) is 1. The van der Waals surface area contributed by atoms with Crippen molar-refractivity contribution in [2.75, 3.05) is 11.1 Å². The molecule has 0 bridgehead atoms. The van der Waals surface area contributed by atoms with E-state index >= 15 is 0 Å². The lowest BCUT2D eigenvalue weighted by atomic mass is 9.87. The maximum absolute atomic E-state index is 12.3. The van der Waals surface area contributed by atoms with Gasteiger partial charge in [-0.1, -0.05) is 104 Å². The van der Waals surface area contributed by atoms with Crippen molar-refractivity contribution >= 4 is 50.2 Å². The summed E-state index contributed by atoms with van der Waals surface area (Å²) in [6.07, 6.45) is 14.6. The third-order valence-corrected chi connectivity index (χ3v) is 10.6. The van der Waals surface area contributed by atoms with Crippen LogP contribution in [0.15, 0.2) is 53.0 Å². The third kappa shape index (κ3) is 6.69. The Morgan fingerprint density at radius 1 is 0.956 bits per heavy atom. The Morgan fingerprint density at radius 2 is 1.60 bits per heavy atom. The Labute approximate surface area is 273 Å². The van der Waals surface area contributed by atoms with Crippen LogP contribution in [0.4, 0.5) is 11.6 Å². The highest BCUT2D eigenvalue weighted by atomic mass is 79.9. The number of carbonyl (C=O) groups excluding carboxylic acids is 2. The van der Waals surface area contributed by atoms with E-state index in [4.69, 9.17) is 10.8 Å². The lowest BCUT2D eigenvalue weighted by molar-refractivity contribution is -0.119. The van der Waals surface area contributed by atoms with Gasteiger partial charge in [0, 0.05) is 21.8 Å². The van der Waals surface area contributed by atoms with Gasteiger partial charge in [0.1, 0.15) is 11.6 Å². The fourth-order valence-corrected chi connectivity index (χ4v) is 7.71. The highest BCUT2D eigenvalue weighted by Gasteiger charge is 2.42. The van der Waals surface area contributed by atoms with E-state index in [0.717, 1.165) is 51.3 Å². The Hall–Kier alpha value is -3.59. The van der Waals surface area contributed by atoms with Gasteiger partial charge >= 0.3 is 0 Å². The van der Waals surface area contributed by atoms with Crippen LogP contribution in [0.1, 0.15) is 106 Å². The number of nitrogens with two attached hydrogens (primary N) is 1. The van der Waals surface area contributed by atoms with Gasteiger partial charge in [-0.25, -0.2) is 0 Å². The van der Waals surface area contributed by atoms with Crippen molar-refractivity contribution in [3.8, 4) is 5.95 Å². The van der Waals surface area contributed by atoms with Gasteiger partial charge in [0.15, 0.2) is 5.78 Å². The van der Waals surface area contributed by atoms with Gasteiger partial charge in [-0.15, -0.1) is 0 Å². The number of amides is 1. The van der Waals surface area contributed by atoms with E-state index in [1.54, 1.807) is 4.68 Å². The lowest BCUT2D eigenvalue weighted by Crippen LogP contribution is -2.27. The molecule has 2 saturated carbocycles. The number of aryl methyl sites for hydroxylation is 1. The molecule has 8 nitrogen and oxygen atoms in total. The van der Waals surface area contributed by atoms with Crippen molar-refractivity contribution in [3.05, 3.63) is 69.8 Å². The lowest BCUT2D eigenvalue weighted by Gasteiger charge is -2.16. The van der Waals surface area contributed by atoms with E-state index in [-0.39, 0.29) is 11.7 Å². The maximum atomic E-state index is 12.3. The predicted octanol–water partition coefficient (Wildman–Crippen LogP) is 8.35. The molecule has 0 saturated heterocycles. The zero-order chi connectivity index (χ0) is 31.6. The van der Waals surface area contributed by atoms with E-state index in [1.165, 1.54) is 57.8 Å². The number of ketones is 1. The van der Waals surface area contributed by atoms with Gasteiger partial charge in [0.05, 0.1) is 22.2 Å². The summed E-state index contributed by atoms with van der Waals surface area (Å²) in [5.74, 6) is 2.96. The third-order valence-electron chi connectivity index (χ3n) is 9.90. The molecule has 3 N–H and O–H groups in total. The molecular weight excluding hydrogens is 628 g/mol. The van der Waals surface area contributed by atoms with Crippen molar-refractivity contribution in [3.63, 3.8) is 0 Å². The van der Waals surface area contributed by atoms with Crippen molar-refractivity contribution < 1.29 is 9.59 Å². The summed E-state index contributed by atoms with van der Waals surface area (Å²) in [5, 5.41) is 8.83. The molecule has 3 heterocycles. The van der Waals surface area contributed by atoms with Crippen LogP contribution in [0.3, 0.4) is 0 Å². The molecule has 2 aromatic carbocycles. The average molecular weight is 672 g/mol. The van der Waals surface area contributed by atoms with Crippen LogP contribution in [0.5, 0.6) is 0 Å². The first-order valence-corrected chi connectivity index (χ1v) is 17.3. The summed E-state index contributed by atoms with van der Waals surface area (Å²) in [5.41, 5.74) is 9.03. The van der Waals surface area contributed by atoms with Crippen LogP contribution in [-0.2, 0) is 16.6 Å². The zero-order valence-corrected chi connectivity index (χ0v) is 27.9. The molecule has 1 aliphatic heterocycles. The fraction of sp³-hybridized carbons (Fsp3) is 0.472. The largest absolute Gasteiger partial charge is 0.383 e. The molecule has 4 aromatic rings. The molecule has 0 radical (unpaired) electrons. The summed E-state index contributed by atoms with van der Waals surface area (Å²) in [7, 11) is 0. The first-order chi connectivity index (χ1) is 21.7. The highest BCUT2D eigenvalue weighted by Crippen LogP contribution is 2.40. The summed E-state index contributed by atoms with van der Waals surface area (Å²) in [6.45, 7) is 3.66. The number of carbonyl (C=O) groups is 2. The van der Waals surface area contributed by atoms with Gasteiger partial charge in [0.2, 0.25) is 5.91 Å². The van der Waals surface area contributed by atoms with Gasteiger partial charge in [-0.3, -0.25) is 9.59 Å². The molecule has 236 valence electrons. The van der Waals surface area contributed by atoms with Crippen LogP contribution >= 0.6 is 15.9 Å². The van der Waals surface area contributed by atoms with Crippen LogP contribution in [0, 0.1) is 11.8 Å². The Morgan fingerprint density at radius 3 is 2.31 bits per heavy atom. The number of fused-ring (bicyclic) bond motifs is 2. The normalized spacial score (nSPS) is 17.7. The molecule has 0 unspecified atom stereocenters. The number of aromatic nitrogens is 4. The number of rotatable bonds is 8. The topological polar surface area (TPSA) is 116 Å². The second-order valence-electron chi connectivity index (χ2n) is 13.4. The molecule has 2 fully saturated rings. The van der Waals surface area contributed by atoms with Crippen molar-refractivity contribution in [1.82, 2.24) is 19.7 Å². The molecule has 1 amide bonds. The minimum Gasteiger partial charge on any atom is -0.383 e. The smallest absolute Gasteiger partial charge is 0.255 e.